The van der Waals surface area contributed by atoms with Gasteiger partial charge in [-0.1, -0.05) is 30.3 Å². The molecule has 0 spiro atoms. The molecule has 2 amide bonds. The van der Waals surface area contributed by atoms with E-state index in [0.29, 0.717) is 13.0 Å². The number of likely N-dealkylation sites (tertiary alicyclic amines) is 1. The fourth-order valence-electron chi connectivity index (χ4n) is 2.60. The highest BCUT2D eigenvalue weighted by Gasteiger charge is 2.46. The van der Waals surface area contributed by atoms with Gasteiger partial charge in [-0.3, -0.25) is 0 Å². The molecule has 1 fully saturated rings. The van der Waals surface area contributed by atoms with Gasteiger partial charge in [0.05, 0.1) is 6.04 Å². The summed E-state index contributed by atoms with van der Waals surface area (Å²) < 4.78 is 0. The largest absolute Gasteiger partial charge is 0.480 e. The van der Waals surface area contributed by atoms with Crippen LogP contribution in [-0.2, 0) is 4.79 Å². The minimum atomic E-state index is -1.10. The number of hydrogen-bond acceptors (Lipinski definition) is 2. The predicted octanol–water partition coefficient (Wildman–Crippen LogP) is 2.40. The van der Waals surface area contributed by atoms with Gasteiger partial charge in [0.15, 0.2) is 0 Å². The van der Waals surface area contributed by atoms with E-state index in [2.05, 4.69) is 5.32 Å². The second-order valence-electron chi connectivity index (χ2n) is 5.42. The van der Waals surface area contributed by atoms with Gasteiger partial charge in [0.2, 0.25) is 0 Å². The molecule has 2 unspecified atom stereocenters. The molecule has 5 nitrogen and oxygen atoms in total. The van der Waals surface area contributed by atoms with Crippen LogP contribution in [0.15, 0.2) is 30.3 Å². The van der Waals surface area contributed by atoms with Crippen molar-refractivity contribution in [1.82, 2.24) is 10.2 Å². The lowest BCUT2D eigenvalue weighted by Gasteiger charge is -2.32. The number of carbonyl (C=O) groups excluding carboxylic acids is 1. The number of benzene rings is 1. The minimum Gasteiger partial charge on any atom is -0.480 e. The highest BCUT2D eigenvalue weighted by atomic mass is 16.4. The minimum absolute atomic E-state index is 0.151. The van der Waals surface area contributed by atoms with Crippen molar-refractivity contribution in [2.24, 2.45) is 0 Å². The number of carbonyl (C=O) groups is 2. The number of urea groups is 1. The smallest absolute Gasteiger partial charge is 0.329 e. The van der Waals surface area contributed by atoms with Gasteiger partial charge in [-0.15, -0.1) is 0 Å². The number of aliphatic carboxylic acids is 1. The molecule has 0 saturated carbocycles. The normalized spacial score (nSPS) is 23.4. The molecule has 0 aliphatic carbocycles. The van der Waals surface area contributed by atoms with Crippen LogP contribution in [0.25, 0.3) is 0 Å². The van der Waals surface area contributed by atoms with Gasteiger partial charge in [0, 0.05) is 6.54 Å². The van der Waals surface area contributed by atoms with Gasteiger partial charge in [-0.05, 0) is 32.3 Å². The van der Waals surface area contributed by atoms with Crippen molar-refractivity contribution < 1.29 is 14.7 Å². The maximum Gasteiger partial charge on any atom is 0.329 e. The predicted molar refractivity (Wildman–Crippen MR) is 75.4 cm³/mol. The fraction of sp³-hybridized carbons (Fsp3) is 0.467. The number of rotatable bonds is 3. The highest BCUT2D eigenvalue weighted by molar-refractivity contribution is 5.86. The molecule has 0 bridgehead atoms. The van der Waals surface area contributed by atoms with Crippen LogP contribution >= 0.6 is 0 Å². The summed E-state index contributed by atoms with van der Waals surface area (Å²) in [6, 6.07) is 9.15. The maximum absolute atomic E-state index is 12.3. The maximum atomic E-state index is 12.3. The zero-order valence-electron chi connectivity index (χ0n) is 11.8. The Bertz CT molecular complexity index is 503. The average molecular weight is 276 g/mol. The Balaban J connectivity index is 2.07. The molecule has 1 saturated heterocycles. The number of carboxylic acid groups (broad SMARTS) is 1. The molecule has 1 heterocycles. The Labute approximate surface area is 118 Å². The monoisotopic (exact) mass is 276 g/mol. The van der Waals surface area contributed by atoms with Gasteiger partial charge in [0.1, 0.15) is 5.54 Å². The molecule has 1 aliphatic heterocycles. The summed E-state index contributed by atoms with van der Waals surface area (Å²) in [6.07, 6.45) is 1.21. The van der Waals surface area contributed by atoms with Gasteiger partial charge >= 0.3 is 12.0 Å². The molecular formula is C15H20N2O3. The first-order chi connectivity index (χ1) is 9.45. The molecule has 108 valence electrons. The van der Waals surface area contributed by atoms with E-state index in [4.69, 9.17) is 0 Å². The second kappa shape index (κ2) is 5.53. The molecule has 1 aliphatic rings. The molecule has 0 aromatic heterocycles. The van der Waals surface area contributed by atoms with Crippen LogP contribution in [0.5, 0.6) is 0 Å². The molecular weight excluding hydrogens is 256 g/mol. The van der Waals surface area contributed by atoms with Crippen LogP contribution in [0.1, 0.15) is 38.3 Å². The number of nitrogens with one attached hydrogen (secondary N) is 1. The van der Waals surface area contributed by atoms with E-state index in [1.165, 1.54) is 4.90 Å². The molecule has 2 rings (SSSR count). The molecule has 2 N–H and O–H groups in total. The van der Waals surface area contributed by atoms with Crippen LogP contribution in [0.3, 0.4) is 0 Å². The van der Waals surface area contributed by atoms with Gasteiger partial charge in [-0.2, -0.15) is 0 Å². The third-order valence-electron chi connectivity index (χ3n) is 3.99. The Kier molecular flexibility index (Phi) is 3.97. The zero-order chi connectivity index (χ0) is 14.8. The van der Waals surface area contributed by atoms with E-state index >= 15 is 0 Å². The quantitative estimate of drug-likeness (QED) is 0.890. The molecule has 1 aromatic rings. The van der Waals surface area contributed by atoms with E-state index in [1.807, 2.05) is 37.3 Å². The van der Waals surface area contributed by atoms with E-state index in [-0.39, 0.29) is 12.1 Å². The number of nitrogens with zero attached hydrogens (tertiary/aromatic N) is 1. The van der Waals surface area contributed by atoms with Crippen molar-refractivity contribution in [3.63, 3.8) is 0 Å². The van der Waals surface area contributed by atoms with Gasteiger partial charge in [0.25, 0.3) is 0 Å². The lowest BCUT2D eigenvalue weighted by molar-refractivity contribution is -0.147. The van der Waals surface area contributed by atoms with E-state index in [9.17, 15) is 14.7 Å². The third-order valence-corrected chi connectivity index (χ3v) is 3.99. The first-order valence-corrected chi connectivity index (χ1v) is 6.81. The van der Waals surface area contributed by atoms with Crippen molar-refractivity contribution in [3.05, 3.63) is 35.9 Å². The summed E-state index contributed by atoms with van der Waals surface area (Å²) in [5.41, 5.74) is -0.0994. The van der Waals surface area contributed by atoms with Crippen molar-refractivity contribution >= 4 is 12.0 Å². The fourth-order valence-corrected chi connectivity index (χ4v) is 2.60. The number of amides is 2. The van der Waals surface area contributed by atoms with Crippen LogP contribution in [0, 0.1) is 0 Å². The molecule has 2 atom stereocenters. The Morgan fingerprint density at radius 3 is 2.60 bits per heavy atom. The van der Waals surface area contributed by atoms with Gasteiger partial charge < -0.3 is 15.3 Å². The van der Waals surface area contributed by atoms with Crippen molar-refractivity contribution in [3.8, 4) is 0 Å². The lowest BCUT2D eigenvalue weighted by Crippen LogP contribution is -2.54. The summed E-state index contributed by atoms with van der Waals surface area (Å²) in [7, 11) is 0. The van der Waals surface area contributed by atoms with E-state index in [1.54, 1.807) is 6.92 Å². The van der Waals surface area contributed by atoms with Crippen LogP contribution in [0.4, 0.5) is 4.79 Å². The Morgan fingerprint density at radius 2 is 2.00 bits per heavy atom. The number of hydrogen-bond donors (Lipinski definition) is 2. The summed E-state index contributed by atoms with van der Waals surface area (Å²) in [5, 5.41) is 12.2. The molecule has 0 radical (unpaired) electrons. The number of carboxylic acids is 1. The van der Waals surface area contributed by atoms with E-state index < -0.39 is 11.5 Å². The first kappa shape index (κ1) is 14.4. The van der Waals surface area contributed by atoms with Crippen LogP contribution < -0.4 is 5.32 Å². The Hall–Kier alpha value is -2.04. The highest BCUT2D eigenvalue weighted by Crippen LogP contribution is 2.29. The van der Waals surface area contributed by atoms with Crippen molar-refractivity contribution in [2.75, 3.05) is 6.54 Å². The zero-order valence-corrected chi connectivity index (χ0v) is 11.8. The van der Waals surface area contributed by atoms with Crippen LogP contribution in [-0.4, -0.2) is 34.1 Å². The third kappa shape index (κ3) is 2.61. The van der Waals surface area contributed by atoms with Crippen molar-refractivity contribution in [2.45, 2.75) is 38.3 Å². The van der Waals surface area contributed by atoms with Crippen molar-refractivity contribution in [1.29, 1.82) is 0 Å². The molecule has 5 heteroatoms. The summed E-state index contributed by atoms with van der Waals surface area (Å²) in [5.74, 6) is -0.947. The molecule has 20 heavy (non-hydrogen) atoms. The average Bonchev–Trinajstić information content (AvgIpc) is 2.83. The summed E-state index contributed by atoms with van der Waals surface area (Å²) in [4.78, 5) is 25.1. The second-order valence-corrected chi connectivity index (χ2v) is 5.42. The summed E-state index contributed by atoms with van der Waals surface area (Å²) in [6.45, 7) is 3.98. The topological polar surface area (TPSA) is 69.6 Å². The standard InChI is InChI=1S/C15H20N2O3/c1-11(12-7-4-3-5-8-12)16-14(20)17-10-6-9-15(17,2)13(18)19/h3-5,7-8,11H,6,9-10H2,1-2H3,(H,16,20)(H,18,19). The SMILES string of the molecule is CC(NC(=O)N1CCCC1(C)C(=O)O)c1ccccc1. The molecule has 1 aromatic carbocycles. The van der Waals surface area contributed by atoms with Gasteiger partial charge in [-0.25, -0.2) is 9.59 Å². The Morgan fingerprint density at radius 1 is 1.35 bits per heavy atom. The van der Waals surface area contributed by atoms with Crippen LogP contribution in [0.2, 0.25) is 0 Å². The first-order valence-electron chi connectivity index (χ1n) is 6.81. The van der Waals surface area contributed by atoms with E-state index in [0.717, 1.165) is 12.0 Å². The summed E-state index contributed by atoms with van der Waals surface area (Å²) >= 11 is 0. The lowest BCUT2D eigenvalue weighted by atomic mass is 9.99.